The van der Waals surface area contributed by atoms with Crippen LogP contribution in [0.1, 0.15) is 90.5 Å². The summed E-state index contributed by atoms with van der Waals surface area (Å²) in [6, 6.07) is 14.7. The maximum Gasteiger partial charge on any atom is 0.183 e. The van der Waals surface area contributed by atoms with Gasteiger partial charge in [0.1, 0.15) is 9.75 Å². The molecular weight excluding hydrogens is 528 g/mol. The van der Waals surface area contributed by atoms with Crippen LogP contribution in [0.5, 0.6) is 11.5 Å². The number of thiophene rings is 1. The Hall–Kier alpha value is -3.32. The number of aryl methyl sites for hydroxylation is 1. The van der Waals surface area contributed by atoms with E-state index in [9.17, 15) is 0 Å². The number of rotatable bonds is 17. The molecule has 3 aromatic heterocycles. The second-order valence-corrected chi connectivity index (χ2v) is 11.8. The summed E-state index contributed by atoms with van der Waals surface area (Å²) in [5, 5.41) is 0. The van der Waals surface area contributed by atoms with E-state index in [0.29, 0.717) is 13.2 Å². The highest BCUT2D eigenvalue weighted by molar-refractivity contribution is 7.19. The van der Waals surface area contributed by atoms with Gasteiger partial charge in [-0.05, 0) is 56.5 Å². The Morgan fingerprint density at radius 1 is 0.634 bits per heavy atom. The molecule has 2 aromatic carbocycles. The van der Waals surface area contributed by atoms with Gasteiger partial charge >= 0.3 is 0 Å². The van der Waals surface area contributed by atoms with Gasteiger partial charge in [0.25, 0.3) is 0 Å². The molecule has 6 nitrogen and oxygen atoms in total. The molecule has 0 saturated carbocycles. The highest BCUT2D eigenvalue weighted by Gasteiger charge is 2.27. The van der Waals surface area contributed by atoms with Crippen LogP contribution in [0.3, 0.4) is 0 Å². The Bertz CT molecular complexity index is 1500. The first-order valence-corrected chi connectivity index (χ1v) is 16.4. The van der Waals surface area contributed by atoms with E-state index in [1.807, 2.05) is 38.1 Å². The standard InChI is InChI=1S/C34H44N4O2S/c1-4-7-8-9-10-11-12-13-14-15-18-24-21-22-27-28(23-24)38-34(37-27)32-30(40-6-3)29(39-5-2)31(41-32)33-35-25-19-16-17-20-26(25)36-33/h16-17,19-23H,4-15,18H2,1-3H3,(H,35,36)(H,37,38). The van der Waals surface area contributed by atoms with Crippen LogP contribution in [0.15, 0.2) is 42.5 Å². The van der Waals surface area contributed by atoms with Crippen molar-refractivity contribution < 1.29 is 9.47 Å². The molecule has 0 bridgehead atoms. The van der Waals surface area contributed by atoms with Crippen LogP contribution >= 0.6 is 11.3 Å². The number of imidazole rings is 2. The first-order valence-electron chi connectivity index (χ1n) is 15.6. The lowest BCUT2D eigenvalue weighted by Crippen LogP contribution is -1.98. The summed E-state index contributed by atoms with van der Waals surface area (Å²) in [6.07, 6.45) is 14.7. The van der Waals surface area contributed by atoms with Crippen molar-refractivity contribution in [3.8, 4) is 32.9 Å². The van der Waals surface area contributed by atoms with Gasteiger partial charge in [-0.2, -0.15) is 0 Å². The zero-order chi connectivity index (χ0) is 28.4. The van der Waals surface area contributed by atoms with Gasteiger partial charge in [0, 0.05) is 0 Å². The second kappa shape index (κ2) is 14.5. The lowest BCUT2D eigenvalue weighted by Gasteiger charge is -2.08. The van der Waals surface area contributed by atoms with Gasteiger partial charge in [-0.3, -0.25) is 0 Å². The van der Waals surface area contributed by atoms with Crippen LogP contribution in [0, 0.1) is 0 Å². The van der Waals surface area contributed by atoms with Crippen molar-refractivity contribution in [3.05, 3.63) is 48.0 Å². The monoisotopic (exact) mass is 572 g/mol. The van der Waals surface area contributed by atoms with Gasteiger partial charge < -0.3 is 19.4 Å². The van der Waals surface area contributed by atoms with E-state index in [1.165, 1.54) is 69.8 Å². The van der Waals surface area contributed by atoms with Crippen molar-refractivity contribution >= 4 is 33.4 Å². The zero-order valence-corrected chi connectivity index (χ0v) is 25.7. The lowest BCUT2D eigenvalue weighted by atomic mass is 10.0. The Balaban J connectivity index is 1.30. The minimum absolute atomic E-state index is 0.534. The van der Waals surface area contributed by atoms with Gasteiger partial charge in [-0.15, -0.1) is 11.3 Å². The van der Waals surface area contributed by atoms with E-state index < -0.39 is 0 Å². The molecule has 0 saturated heterocycles. The molecule has 41 heavy (non-hydrogen) atoms. The fraction of sp³-hybridized carbons (Fsp3) is 0.471. The average molecular weight is 573 g/mol. The van der Waals surface area contributed by atoms with Crippen molar-refractivity contribution in [1.29, 1.82) is 0 Å². The molecule has 0 unspecified atom stereocenters. The van der Waals surface area contributed by atoms with Crippen molar-refractivity contribution in [3.63, 3.8) is 0 Å². The highest BCUT2D eigenvalue weighted by Crippen LogP contribution is 2.51. The van der Waals surface area contributed by atoms with Crippen LogP contribution in [0.25, 0.3) is 43.5 Å². The van der Waals surface area contributed by atoms with E-state index in [-0.39, 0.29) is 0 Å². The van der Waals surface area contributed by atoms with Gasteiger partial charge in [0.2, 0.25) is 0 Å². The molecule has 3 heterocycles. The Labute approximate surface area is 247 Å². The largest absolute Gasteiger partial charge is 0.488 e. The number of fused-ring (bicyclic) bond motifs is 2. The van der Waals surface area contributed by atoms with E-state index in [4.69, 9.17) is 19.4 Å². The molecule has 0 amide bonds. The molecule has 0 aliphatic carbocycles. The molecule has 5 aromatic rings. The molecule has 5 rings (SSSR count). The summed E-state index contributed by atoms with van der Waals surface area (Å²) in [4.78, 5) is 18.7. The predicted octanol–water partition coefficient (Wildman–Crippen LogP) is 10.1. The predicted molar refractivity (Wildman–Crippen MR) is 172 cm³/mol. The Morgan fingerprint density at radius 3 is 1.80 bits per heavy atom. The molecule has 2 N–H and O–H groups in total. The third kappa shape index (κ3) is 7.13. The highest BCUT2D eigenvalue weighted by atomic mass is 32.1. The smallest absolute Gasteiger partial charge is 0.183 e. The van der Waals surface area contributed by atoms with Crippen LogP contribution < -0.4 is 9.47 Å². The normalized spacial score (nSPS) is 11.6. The van der Waals surface area contributed by atoms with Crippen molar-refractivity contribution in [2.45, 2.75) is 91.4 Å². The second-order valence-electron chi connectivity index (χ2n) is 10.8. The van der Waals surface area contributed by atoms with E-state index in [1.54, 1.807) is 11.3 Å². The van der Waals surface area contributed by atoms with Crippen molar-refractivity contribution in [2.24, 2.45) is 0 Å². The molecule has 0 spiro atoms. The third-order valence-electron chi connectivity index (χ3n) is 7.58. The summed E-state index contributed by atoms with van der Waals surface area (Å²) in [5.74, 6) is 3.02. The number of hydrogen-bond acceptors (Lipinski definition) is 5. The number of unbranched alkanes of at least 4 members (excludes halogenated alkanes) is 9. The van der Waals surface area contributed by atoms with Crippen LogP contribution in [-0.4, -0.2) is 33.1 Å². The fourth-order valence-corrected chi connectivity index (χ4v) is 6.54. The first-order chi connectivity index (χ1) is 20.2. The van der Waals surface area contributed by atoms with Crippen LogP contribution in [-0.2, 0) is 6.42 Å². The number of nitrogens with zero attached hydrogens (tertiary/aromatic N) is 2. The van der Waals surface area contributed by atoms with E-state index >= 15 is 0 Å². The quantitative estimate of drug-likeness (QED) is 0.109. The summed E-state index contributed by atoms with van der Waals surface area (Å²) in [5.41, 5.74) is 5.31. The van der Waals surface area contributed by atoms with Gasteiger partial charge in [0.05, 0.1) is 35.3 Å². The number of H-pyrrole nitrogens is 2. The molecule has 0 aliphatic heterocycles. The zero-order valence-electron chi connectivity index (χ0n) is 24.9. The summed E-state index contributed by atoms with van der Waals surface area (Å²) in [7, 11) is 0. The number of aromatic amines is 2. The number of hydrogen-bond donors (Lipinski definition) is 2. The molecule has 0 fully saturated rings. The van der Waals surface area contributed by atoms with Crippen LogP contribution in [0.4, 0.5) is 0 Å². The molecule has 0 atom stereocenters. The minimum Gasteiger partial charge on any atom is -0.488 e. The summed E-state index contributed by atoms with van der Waals surface area (Å²) < 4.78 is 12.3. The lowest BCUT2D eigenvalue weighted by molar-refractivity contribution is 0.292. The fourth-order valence-electron chi connectivity index (χ4n) is 5.46. The first kappa shape index (κ1) is 29.2. The van der Waals surface area contributed by atoms with Crippen molar-refractivity contribution in [2.75, 3.05) is 13.2 Å². The van der Waals surface area contributed by atoms with E-state index in [0.717, 1.165) is 61.4 Å². The number of aromatic nitrogens is 4. The topological polar surface area (TPSA) is 75.8 Å². The SMILES string of the molecule is CCCCCCCCCCCCc1ccc2nc(-c3sc(-c4nc5ccccc5[nH]4)c(OCC)c3OCC)[nH]c2c1. The van der Waals surface area contributed by atoms with Gasteiger partial charge in [0.15, 0.2) is 23.1 Å². The van der Waals surface area contributed by atoms with Gasteiger partial charge in [-0.25, -0.2) is 9.97 Å². The summed E-state index contributed by atoms with van der Waals surface area (Å²) in [6.45, 7) is 7.34. The Kier molecular flexibility index (Phi) is 10.3. The summed E-state index contributed by atoms with van der Waals surface area (Å²) >= 11 is 1.60. The molecule has 0 radical (unpaired) electrons. The number of ether oxygens (including phenoxy) is 2. The maximum atomic E-state index is 6.17. The third-order valence-corrected chi connectivity index (χ3v) is 8.75. The molecule has 7 heteroatoms. The van der Waals surface area contributed by atoms with Gasteiger partial charge in [-0.1, -0.05) is 82.9 Å². The van der Waals surface area contributed by atoms with E-state index in [2.05, 4.69) is 35.1 Å². The number of nitrogens with one attached hydrogen (secondary N) is 2. The van der Waals surface area contributed by atoms with Crippen molar-refractivity contribution in [1.82, 2.24) is 19.9 Å². The Morgan fingerprint density at radius 2 is 1.20 bits per heavy atom. The maximum absolute atomic E-state index is 6.17. The van der Waals surface area contributed by atoms with Crippen LogP contribution in [0.2, 0.25) is 0 Å². The minimum atomic E-state index is 0.534. The number of benzene rings is 2. The molecule has 0 aliphatic rings. The average Bonchev–Trinajstić information content (AvgIpc) is 3.69. The molecular formula is C34H44N4O2S. The molecule has 218 valence electrons. The number of para-hydroxylation sites is 2.